The van der Waals surface area contributed by atoms with E-state index in [1.807, 2.05) is 34.6 Å². The van der Waals surface area contributed by atoms with Crippen molar-refractivity contribution in [2.45, 2.75) is 53.1 Å². The fourth-order valence-corrected chi connectivity index (χ4v) is 1.35. The minimum Gasteiger partial charge on any atom is -0.375 e. The highest BCUT2D eigenvalue weighted by atomic mass is 16.5. The molecule has 0 unspecified atom stereocenters. The molecule has 0 atom stereocenters. The van der Waals surface area contributed by atoms with Crippen LogP contribution >= 0.6 is 0 Å². The smallest absolute Gasteiger partial charge is 0.222 e. The molecule has 0 aliphatic carbocycles. The van der Waals surface area contributed by atoms with E-state index >= 15 is 0 Å². The molecule has 0 saturated carbocycles. The summed E-state index contributed by atoms with van der Waals surface area (Å²) >= 11 is 0. The highest BCUT2D eigenvalue weighted by Gasteiger charge is 2.24. The minimum absolute atomic E-state index is 0.00727. The molecule has 0 aromatic heterocycles. The van der Waals surface area contributed by atoms with Crippen LogP contribution in [0, 0.1) is 5.41 Å². The second-order valence-electron chi connectivity index (χ2n) is 5.59. The molecule has 4 heteroatoms. The van der Waals surface area contributed by atoms with E-state index in [9.17, 15) is 9.59 Å². The molecule has 0 fully saturated rings. The van der Waals surface area contributed by atoms with Crippen LogP contribution in [0.15, 0.2) is 0 Å². The van der Waals surface area contributed by atoms with Crippen LogP contribution in [0.5, 0.6) is 0 Å². The van der Waals surface area contributed by atoms with Crippen molar-refractivity contribution in [1.82, 2.24) is 5.32 Å². The number of ether oxygens (including phenoxy) is 1. The monoisotopic (exact) mass is 243 g/mol. The summed E-state index contributed by atoms with van der Waals surface area (Å²) in [7, 11) is 0. The average Bonchev–Trinajstić information content (AvgIpc) is 2.16. The topological polar surface area (TPSA) is 55.4 Å². The normalized spacial score (nSPS) is 12.3. The summed E-state index contributed by atoms with van der Waals surface area (Å²) in [6.45, 7) is 10.5. The van der Waals surface area contributed by atoms with Gasteiger partial charge in [-0.25, -0.2) is 0 Å². The van der Waals surface area contributed by atoms with Gasteiger partial charge in [-0.1, -0.05) is 13.8 Å². The van der Waals surface area contributed by atoms with E-state index in [1.165, 1.54) is 0 Å². The summed E-state index contributed by atoms with van der Waals surface area (Å²) in [6, 6.07) is 0. The van der Waals surface area contributed by atoms with Gasteiger partial charge >= 0.3 is 0 Å². The first-order valence-corrected chi connectivity index (χ1v) is 6.09. The fourth-order valence-electron chi connectivity index (χ4n) is 1.35. The van der Waals surface area contributed by atoms with Gasteiger partial charge in [-0.15, -0.1) is 0 Å². The number of carbonyl (C=O) groups is 2. The molecule has 0 aliphatic rings. The maximum absolute atomic E-state index is 11.4. The molecule has 1 N–H and O–H groups in total. The Morgan fingerprint density at radius 2 is 1.88 bits per heavy atom. The molecule has 0 saturated heterocycles. The van der Waals surface area contributed by atoms with Gasteiger partial charge in [-0.3, -0.25) is 4.79 Å². The highest BCUT2D eigenvalue weighted by molar-refractivity contribution is 5.76. The Morgan fingerprint density at radius 1 is 1.29 bits per heavy atom. The third-order valence-electron chi connectivity index (χ3n) is 2.52. The predicted octanol–water partition coefficient (Wildman–Crippen LogP) is 1.92. The van der Waals surface area contributed by atoms with Gasteiger partial charge in [0.05, 0.1) is 12.0 Å². The summed E-state index contributed by atoms with van der Waals surface area (Å²) in [5.74, 6) is -0.00727. The van der Waals surface area contributed by atoms with Crippen molar-refractivity contribution in [3.05, 3.63) is 0 Å². The molecule has 17 heavy (non-hydrogen) atoms. The molecular formula is C13H25NO3. The number of nitrogens with one attached hydrogen (secondary N) is 1. The Labute approximate surface area is 104 Å². The van der Waals surface area contributed by atoms with Crippen LogP contribution < -0.4 is 5.32 Å². The molecule has 0 rings (SSSR count). The first kappa shape index (κ1) is 16.1. The molecule has 100 valence electrons. The Hall–Kier alpha value is -0.900. The van der Waals surface area contributed by atoms with Crippen LogP contribution in [0.4, 0.5) is 0 Å². The third kappa shape index (κ3) is 7.91. The van der Waals surface area contributed by atoms with Crippen molar-refractivity contribution in [1.29, 1.82) is 0 Å². The van der Waals surface area contributed by atoms with Gasteiger partial charge in [-0.05, 0) is 27.2 Å². The van der Waals surface area contributed by atoms with Gasteiger partial charge in [0.2, 0.25) is 5.91 Å². The summed E-state index contributed by atoms with van der Waals surface area (Å²) in [6.07, 6.45) is 1.94. The number of rotatable bonds is 8. The first-order valence-electron chi connectivity index (χ1n) is 6.09. The van der Waals surface area contributed by atoms with Crippen molar-refractivity contribution >= 4 is 12.2 Å². The zero-order chi connectivity index (χ0) is 13.5. The lowest BCUT2D eigenvalue weighted by Crippen LogP contribution is -2.35. The lowest BCUT2D eigenvalue weighted by atomic mass is 9.92. The molecule has 0 aliphatic heterocycles. The lowest BCUT2D eigenvalue weighted by molar-refractivity contribution is -0.128. The predicted molar refractivity (Wildman–Crippen MR) is 67.8 cm³/mol. The van der Waals surface area contributed by atoms with Crippen LogP contribution in [-0.4, -0.2) is 30.9 Å². The largest absolute Gasteiger partial charge is 0.375 e. The second-order valence-corrected chi connectivity index (χ2v) is 5.59. The van der Waals surface area contributed by atoms with Gasteiger partial charge < -0.3 is 14.8 Å². The first-order chi connectivity index (χ1) is 7.72. The van der Waals surface area contributed by atoms with Crippen molar-refractivity contribution in [3.8, 4) is 0 Å². The highest BCUT2D eigenvalue weighted by Crippen LogP contribution is 2.20. The molecule has 0 heterocycles. The number of aldehydes is 1. The minimum atomic E-state index is -0.488. The van der Waals surface area contributed by atoms with Gasteiger partial charge in [0.15, 0.2) is 0 Å². The number of carbonyl (C=O) groups excluding carboxylic acids is 2. The molecule has 1 amide bonds. The van der Waals surface area contributed by atoms with Crippen LogP contribution in [0.2, 0.25) is 0 Å². The maximum Gasteiger partial charge on any atom is 0.222 e. The Bertz CT molecular complexity index is 259. The van der Waals surface area contributed by atoms with Crippen LogP contribution in [0.3, 0.4) is 0 Å². The maximum atomic E-state index is 11.4. The van der Waals surface area contributed by atoms with Gasteiger partial charge in [0.25, 0.3) is 0 Å². The van der Waals surface area contributed by atoms with Crippen molar-refractivity contribution in [3.63, 3.8) is 0 Å². The van der Waals surface area contributed by atoms with Crippen LogP contribution in [-0.2, 0) is 14.3 Å². The zero-order valence-electron chi connectivity index (χ0n) is 11.6. The van der Waals surface area contributed by atoms with Crippen LogP contribution in [0.1, 0.15) is 47.5 Å². The number of hydrogen-bond donors (Lipinski definition) is 1. The number of hydrogen-bond acceptors (Lipinski definition) is 3. The van der Waals surface area contributed by atoms with Crippen molar-refractivity contribution in [2.24, 2.45) is 5.41 Å². The van der Waals surface area contributed by atoms with E-state index in [2.05, 4.69) is 5.32 Å². The molecule has 0 radical (unpaired) electrons. The summed E-state index contributed by atoms with van der Waals surface area (Å²) < 4.78 is 5.66. The molecule has 0 bridgehead atoms. The van der Waals surface area contributed by atoms with E-state index < -0.39 is 5.60 Å². The van der Waals surface area contributed by atoms with E-state index in [-0.39, 0.29) is 11.3 Å². The van der Waals surface area contributed by atoms with Crippen molar-refractivity contribution in [2.75, 3.05) is 13.2 Å². The molecular weight excluding hydrogens is 218 g/mol. The SMILES string of the molecule is CCNC(=O)CC(C)(C)OCCC(C)(C)C=O. The Morgan fingerprint density at radius 3 is 2.35 bits per heavy atom. The standard InChI is InChI=1S/C13H25NO3/c1-6-14-11(16)9-13(4,5)17-8-7-12(2,3)10-15/h10H,6-9H2,1-5H3,(H,14,16). The summed E-state index contributed by atoms with van der Waals surface area (Å²) in [5.41, 5.74) is -0.847. The average molecular weight is 243 g/mol. The molecule has 0 aromatic carbocycles. The second kappa shape index (κ2) is 6.74. The van der Waals surface area contributed by atoms with E-state index in [1.54, 1.807) is 0 Å². The van der Waals surface area contributed by atoms with Gasteiger partial charge in [0.1, 0.15) is 6.29 Å². The van der Waals surface area contributed by atoms with E-state index in [0.29, 0.717) is 26.0 Å². The van der Waals surface area contributed by atoms with E-state index in [0.717, 1.165) is 6.29 Å². The summed E-state index contributed by atoms with van der Waals surface area (Å²) in [4.78, 5) is 22.2. The summed E-state index contributed by atoms with van der Waals surface area (Å²) in [5, 5.41) is 2.74. The fraction of sp³-hybridized carbons (Fsp3) is 0.846. The Kier molecular flexibility index (Phi) is 6.39. The molecule has 4 nitrogen and oxygen atoms in total. The van der Waals surface area contributed by atoms with Gasteiger partial charge in [-0.2, -0.15) is 0 Å². The molecule has 0 spiro atoms. The zero-order valence-corrected chi connectivity index (χ0v) is 11.6. The quantitative estimate of drug-likeness (QED) is 0.663. The Balaban J connectivity index is 4.01. The number of amides is 1. The molecule has 0 aromatic rings. The van der Waals surface area contributed by atoms with Crippen LogP contribution in [0.25, 0.3) is 0 Å². The third-order valence-corrected chi connectivity index (χ3v) is 2.52. The lowest BCUT2D eigenvalue weighted by Gasteiger charge is -2.26. The van der Waals surface area contributed by atoms with Gasteiger partial charge in [0, 0.05) is 18.6 Å². The van der Waals surface area contributed by atoms with Crippen molar-refractivity contribution < 1.29 is 14.3 Å². The van der Waals surface area contributed by atoms with E-state index in [4.69, 9.17) is 4.74 Å².